The molecule has 96 valence electrons. The lowest BCUT2D eigenvalue weighted by Gasteiger charge is -2.47. The van der Waals surface area contributed by atoms with Crippen molar-refractivity contribution >= 4 is 0 Å². The smallest absolute Gasteiger partial charge is 0.0213 e. The first-order valence-corrected chi connectivity index (χ1v) is 6.76. The van der Waals surface area contributed by atoms with Crippen molar-refractivity contribution in [1.29, 1.82) is 0 Å². The summed E-state index contributed by atoms with van der Waals surface area (Å²) in [5.74, 6) is 0. The maximum absolute atomic E-state index is 2.56. The zero-order valence-electron chi connectivity index (χ0n) is 12.5. The van der Waals surface area contributed by atoms with E-state index in [9.17, 15) is 0 Å². The third kappa shape index (κ3) is 1.29. The minimum absolute atomic E-state index is 0.227. The van der Waals surface area contributed by atoms with Crippen LogP contribution in [0.1, 0.15) is 48.0 Å². The van der Waals surface area contributed by atoms with E-state index in [1.807, 2.05) is 0 Å². The van der Waals surface area contributed by atoms with E-state index in [0.29, 0.717) is 6.04 Å². The quantitative estimate of drug-likeness (QED) is 0.661. The standard InChI is InChI=1S/C16H27N/c1-12-16(6,13-10-8-9-11-13)14(2,3)15(4,5)17(12)7/h8-10,12H,11H2,1-7H3. The Morgan fingerprint density at radius 3 is 2.12 bits per heavy atom. The predicted octanol–water partition coefficient (Wildman–Crippen LogP) is 4.02. The van der Waals surface area contributed by atoms with Gasteiger partial charge in [0.1, 0.15) is 0 Å². The van der Waals surface area contributed by atoms with Gasteiger partial charge in [-0.3, -0.25) is 4.90 Å². The molecule has 2 rings (SSSR count). The van der Waals surface area contributed by atoms with E-state index in [1.54, 1.807) is 5.57 Å². The van der Waals surface area contributed by atoms with Gasteiger partial charge in [-0.1, -0.05) is 44.6 Å². The van der Waals surface area contributed by atoms with Crippen LogP contribution in [0.3, 0.4) is 0 Å². The molecule has 0 aromatic heterocycles. The van der Waals surface area contributed by atoms with Gasteiger partial charge in [0.15, 0.2) is 0 Å². The van der Waals surface area contributed by atoms with Crippen molar-refractivity contribution < 1.29 is 0 Å². The number of likely N-dealkylation sites (tertiary alicyclic amines) is 1. The molecule has 0 saturated carbocycles. The molecule has 1 fully saturated rings. The van der Waals surface area contributed by atoms with Crippen LogP contribution in [0.5, 0.6) is 0 Å². The zero-order chi connectivity index (χ0) is 13.1. The summed E-state index contributed by atoms with van der Waals surface area (Å²) < 4.78 is 0. The van der Waals surface area contributed by atoms with Crippen LogP contribution in [0.25, 0.3) is 0 Å². The Balaban J connectivity index is 2.54. The van der Waals surface area contributed by atoms with E-state index in [-0.39, 0.29) is 16.4 Å². The van der Waals surface area contributed by atoms with Crippen LogP contribution in [0.15, 0.2) is 23.8 Å². The van der Waals surface area contributed by atoms with E-state index < -0.39 is 0 Å². The average Bonchev–Trinajstić information content (AvgIpc) is 2.80. The molecule has 1 aliphatic carbocycles. The van der Waals surface area contributed by atoms with Gasteiger partial charge in [0.05, 0.1) is 0 Å². The van der Waals surface area contributed by atoms with Gasteiger partial charge >= 0.3 is 0 Å². The lowest BCUT2D eigenvalue weighted by Crippen LogP contribution is -2.47. The first kappa shape index (κ1) is 12.9. The molecule has 2 aliphatic rings. The number of nitrogens with zero attached hydrogens (tertiary/aromatic N) is 1. The van der Waals surface area contributed by atoms with Crippen molar-refractivity contribution in [2.75, 3.05) is 7.05 Å². The highest BCUT2D eigenvalue weighted by molar-refractivity contribution is 5.36. The molecule has 1 nitrogen and oxygen atoms in total. The molecule has 0 radical (unpaired) electrons. The Morgan fingerprint density at radius 2 is 1.76 bits per heavy atom. The lowest BCUT2D eigenvalue weighted by molar-refractivity contribution is 0.0783. The fourth-order valence-corrected chi connectivity index (χ4v) is 3.97. The first-order chi connectivity index (χ1) is 7.67. The molecule has 2 atom stereocenters. The second-order valence-corrected chi connectivity index (χ2v) is 7.00. The zero-order valence-corrected chi connectivity index (χ0v) is 12.5. The van der Waals surface area contributed by atoms with Crippen LogP contribution in [0, 0.1) is 10.8 Å². The topological polar surface area (TPSA) is 3.24 Å². The molecular formula is C16H27N. The highest BCUT2D eigenvalue weighted by Crippen LogP contribution is 2.62. The third-order valence-electron chi connectivity index (χ3n) is 6.56. The molecule has 0 spiro atoms. The summed E-state index contributed by atoms with van der Waals surface area (Å²) in [6.07, 6.45) is 7.98. The Labute approximate surface area is 107 Å². The Bertz CT molecular complexity index is 386. The lowest BCUT2D eigenvalue weighted by atomic mass is 9.56. The van der Waals surface area contributed by atoms with Crippen LogP contribution in [-0.2, 0) is 0 Å². The molecule has 1 aliphatic heterocycles. The predicted molar refractivity (Wildman–Crippen MR) is 75.0 cm³/mol. The summed E-state index contributed by atoms with van der Waals surface area (Å²) in [6, 6.07) is 0.582. The van der Waals surface area contributed by atoms with Crippen LogP contribution in [0.2, 0.25) is 0 Å². The Hall–Kier alpha value is -0.560. The van der Waals surface area contributed by atoms with Gasteiger partial charge in [-0.15, -0.1) is 0 Å². The molecule has 2 unspecified atom stereocenters. The van der Waals surface area contributed by atoms with Crippen LogP contribution < -0.4 is 0 Å². The van der Waals surface area contributed by atoms with Gasteiger partial charge in [-0.2, -0.15) is 0 Å². The van der Waals surface area contributed by atoms with Crippen molar-refractivity contribution in [3.63, 3.8) is 0 Å². The van der Waals surface area contributed by atoms with Crippen molar-refractivity contribution in [3.05, 3.63) is 23.8 Å². The van der Waals surface area contributed by atoms with Gasteiger partial charge in [0.2, 0.25) is 0 Å². The number of rotatable bonds is 1. The summed E-state index contributed by atoms with van der Waals surface area (Å²) in [6.45, 7) is 14.5. The van der Waals surface area contributed by atoms with Gasteiger partial charge in [-0.05, 0) is 39.7 Å². The third-order valence-corrected chi connectivity index (χ3v) is 6.56. The molecule has 0 aromatic carbocycles. The minimum Gasteiger partial charge on any atom is -0.297 e. The van der Waals surface area contributed by atoms with Crippen molar-refractivity contribution in [3.8, 4) is 0 Å². The maximum atomic E-state index is 2.56. The van der Waals surface area contributed by atoms with E-state index in [0.717, 1.165) is 6.42 Å². The molecule has 0 amide bonds. The Kier molecular flexibility index (Phi) is 2.63. The fourth-order valence-electron chi connectivity index (χ4n) is 3.97. The molecule has 1 heterocycles. The van der Waals surface area contributed by atoms with Gasteiger partial charge in [0.25, 0.3) is 0 Å². The van der Waals surface area contributed by atoms with Crippen molar-refractivity contribution in [1.82, 2.24) is 4.90 Å². The maximum Gasteiger partial charge on any atom is 0.0213 e. The largest absolute Gasteiger partial charge is 0.297 e. The molecule has 0 N–H and O–H groups in total. The molecule has 1 heteroatoms. The highest BCUT2D eigenvalue weighted by atomic mass is 15.3. The van der Waals surface area contributed by atoms with Crippen LogP contribution >= 0.6 is 0 Å². The Morgan fingerprint density at radius 1 is 1.18 bits per heavy atom. The molecule has 0 aromatic rings. The molecular weight excluding hydrogens is 206 g/mol. The average molecular weight is 233 g/mol. The van der Waals surface area contributed by atoms with E-state index in [2.05, 4.69) is 71.7 Å². The van der Waals surface area contributed by atoms with Gasteiger partial charge in [0, 0.05) is 17.0 Å². The molecule has 1 saturated heterocycles. The summed E-state index contributed by atoms with van der Waals surface area (Å²) in [7, 11) is 2.28. The van der Waals surface area contributed by atoms with Crippen LogP contribution in [-0.4, -0.2) is 23.5 Å². The number of allylic oxidation sites excluding steroid dienone is 3. The second-order valence-electron chi connectivity index (χ2n) is 7.00. The second kappa shape index (κ2) is 3.47. The summed E-state index contributed by atoms with van der Waals surface area (Å²) in [4.78, 5) is 2.56. The fraction of sp³-hybridized carbons (Fsp3) is 0.750. The normalized spacial score (nSPS) is 39.7. The van der Waals surface area contributed by atoms with E-state index >= 15 is 0 Å². The minimum atomic E-state index is 0.227. The summed E-state index contributed by atoms with van der Waals surface area (Å²) in [5, 5.41) is 0. The number of hydrogen-bond acceptors (Lipinski definition) is 1. The monoisotopic (exact) mass is 233 g/mol. The SMILES string of the molecule is CC1N(C)C(C)(C)C(C)(C)C1(C)C1=CC=CC1. The van der Waals surface area contributed by atoms with E-state index in [4.69, 9.17) is 0 Å². The summed E-state index contributed by atoms with van der Waals surface area (Å²) in [5.41, 5.74) is 2.36. The first-order valence-electron chi connectivity index (χ1n) is 6.76. The van der Waals surface area contributed by atoms with Gasteiger partial charge < -0.3 is 0 Å². The van der Waals surface area contributed by atoms with Crippen molar-refractivity contribution in [2.24, 2.45) is 10.8 Å². The number of hydrogen-bond donors (Lipinski definition) is 0. The van der Waals surface area contributed by atoms with E-state index in [1.165, 1.54) is 0 Å². The van der Waals surface area contributed by atoms with Crippen LogP contribution in [0.4, 0.5) is 0 Å². The summed E-state index contributed by atoms with van der Waals surface area (Å²) >= 11 is 0. The van der Waals surface area contributed by atoms with Crippen molar-refractivity contribution in [2.45, 2.75) is 59.5 Å². The molecule has 0 bridgehead atoms. The van der Waals surface area contributed by atoms with Gasteiger partial charge in [-0.25, -0.2) is 0 Å². The molecule has 17 heavy (non-hydrogen) atoms. The highest BCUT2D eigenvalue weighted by Gasteiger charge is 2.63.